The van der Waals surface area contributed by atoms with Gasteiger partial charge < -0.3 is 0 Å². The highest BCUT2D eigenvalue weighted by Gasteiger charge is 2.12. The van der Waals surface area contributed by atoms with Crippen LogP contribution in [0.15, 0.2) is 23.0 Å². The summed E-state index contributed by atoms with van der Waals surface area (Å²) >= 11 is 1.67. The summed E-state index contributed by atoms with van der Waals surface area (Å²) in [6.45, 7) is 1.87. The Balaban J connectivity index is 2.01. The first-order valence-corrected chi connectivity index (χ1v) is 6.15. The van der Waals surface area contributed by atoms with Gasteiger partial charge in [0, 0.05) is 19.7 Å². The van der Waals surface area contributed by atoms with Gasteiger partial charge in [-0.2, -0.15) is 16.4 Å². The van der Waals surface area contributed by atoms with Crippen molar-refractivity contribution in [1.29, 1.82) is 0 Å². The molecule has 2 heterocycles. The van der Waals surface area contributed by atoms with Gasteiger partial charge in [-0.15, -0.1) is 0 Å². The molecule has 0 aromatic carbocycles. The topological polar surface area (TPSA) is 34.9 Å². The van der Waals surface area contributed by atoms with Crippen molar-refractivity contribution in [2.24, 2.45) is 7.05 Å². The normalized spacial score (nSPS) is 10.6. The Morgan fingerprint density at radius 2 is 2.38 bits per heavy atom. The molecule has 84 valence electrons. The second kappa shape index (κ2) is 4.61. The van der Waals surface area contributed by atoms with Crippen molar-refractivity contribution in [2.75, 3.05) is 0 Å². The molecule has 0 radical (unpaired) electrons. The molecule has 0 aliphatic heterocycles. The van der Waals surface area contributed by atoms with Crippen molar-refractivity contribution in [2.45, 2.75) is 19.8 Å². The second-order valence-electron chi connectivity index (χ2n) is 3.86. The van der Waals surface area contributed by atoms with Gasteiger partial charge in [0.25, 0.3) is 0 Å². The Morgan fingerprint density at radius 1 is 1.56 bits per heavy atom. The lowest BCUT2D eigenvalue weighted by Gasteiger charge is -1.97. The van der Waals surface area contributed by atoms with Crippen molar-refractivity contribution in [3.05, 3.63) is 39.8 Å². The van der Waals surface area contributed by atoms with Crippen LogP contribution < -0.4 is 0 Å². The number of hydrogen-bond donors (Lipinski definition) is 0. The van der Waals surface area contributed by atoms with E-state index in [1.165, 1.54) is 5.56 Å². The molecule has 2 aromatic rings. The van der Waals surface area contributed by atoms with Crippen LogP contribution in [0.25, 0.3) is 0 Å². The summed E-state index contributed by atoms with van der Waals surface area (Å²) in [5.74, 6) is 0.178. The lowest BCUT2D eigenvalue weighted by Crippen LogP contribution is -2.01. The zero-order valence-corrected chi connectivity index (χ0v) is 10.3. The molecule has 0 amide bonds. The van der Waals surface area contributed by atoms with E-state index in [1.54, 1.807) is 22.2 Å². The van der Waals surface area contributed by atoms with Gasteiger partial charge in [-0.3, -0.25) is 9.48 Å². The van der Waals surface area contributed by atoms with Crippen LogP contribution >= 0.6 is 11.3 Å². The Morgan fingerprint density at radius 3 is 2.94 bits per heavy atom. The maximum absolute atomic E-state index is 11.9. The fraction of sp³-hybridized carbons (Fsp3) is 0.333. The Labute approximate surface area is 98.7 Å². The van der Waals surface area contributed by atoms with Crippen LogP contribution in [0.1, 0.15) is 28.0 Å². The Bertz CT molecular complexity index is 485. The van der Waals surface area contributed by atoms with E-state index in [9.17, 15) is 4.79 Å². The lowest BCUT2D eigenvalue weighted by atomic mass is 10.1. The van der Waals surface area contributed by atoms with Crippen LogP contribution in [0.4, 0.5) is 0 Å². The minimum Gasteiger partial charge on any atom is -0.294 e. The number of rotatable bonds is 4. The van der Waals surface area contributed by atoms with E-state index in [2.05, 4.69) is 16.5 Å². The minimum atomic E-state index is 0.178. The van der Waals surface area contributed by atoms with Crippen LogP contribution in [0.2, 0.25) is 0 Å². The predicted molar refractivity (Wildman–Crippen MR) is 64.9 cm³/mol. The third-order valence-electron chi connectivity index (χ3n) is 2.53. The van der Waals surface area contributed by atoms with Gasteiger partial charge in [0.15, 0.2) is 5.78 Å². The third kappa shape index (κ3) is 2.39. The van der Waals surface area contributed by atoms with Crippen molar-refractivity contribution in [1.82, 2.24) is 9.78 Å². The summed E-state index contributed by atoms with van der Waals surface area (Å²) in [5, 5.41) is 8.30. The van der Waals surface area contributed by atoms with Gasteiger partial charge >= 0.3 is 0 Å². The summed E-state index contributed by atoms with van der Waals surface area (Å²) < 4.78 is 1.69. The maximum Gasteiger partial charge on any atom is 0.166 e. The van der Waals surface area contributed by atoms with E-state index >= 15 is 0 Å². The largest absolute Gasteiger partial charge is 0.294 e. The van der Waals surface area contributed by atoms with Crippen molar-refractivity contribution < 1.29 is 4.79 Å². The lowest BCUT2D eigenvalue weighted by molar-refractivity contribution is 0.0982. The first-order valence-electron chi connectivity index (χ1n) is 5.21. The van der Waals surface area contributed by atoms with Gasteiger partial charge in [-0.1, -0.05) is 0 Å². The summed E-state index contributed by atoms with van der Waals surface area (Å²) in [6, 6.07) is 2.06. The molecular formula is C12H14N2OS. The molecule has 0 saturated carbocycles. The second-order valence-corrected chi connectivity index (χ2v) is 4.64. The highest BCUT2D eigenvalue weighted by atomic mass is 32.1. The standard InChI is InChI=1S/C12H14N2OS/c1-9-11(7-14(2)13-9)12(15)4-3-10-5-6-16-8-10/h5-8H,3-4H2,1-2H3. The summed E-state index contributed by atoms with van der Waals surface area (Å²) in [7, 11) is 1.84. The third-order valence-corrected chi connectivity index (χ3v) is 3.27. The van der Waals surface area contributed by atoms with Gasteiger partial charge in [-0.25, -0.2) is 0 Å². The number of ketones is 1. The molecule has 3 nitrogen and oxygen atoms in total. The minimum absolute atomic E-state index is 0.178. The predicted octanol–water partition coefficient (Wildman–Crippen LogP) is 2.61. The molecular weight excluding hydrogens is 220 g/mol. The summed E-state index contributed by atoms with van der Waals surface area (Å²) in [6.07, 6.45) is 3.17. The SMILES string of the molecule is Cc1nn(C)cc1C(=O)CCc1ccsc1. The number of aromatic nitrogens is 2. The molecule has 0 N–H and O–H groups in total. The molecule has 0 spiro atoms. The molecule has 16 heavy (non-hydrogen) atoms. The summed E-state index contributed by atoms with van der Waals surface area (Å²) in [5.41, 5.74) is 2.80. The smallest absolute Gasteiger partial charge is 0.166 e. The molecule has 0 aliphatic rings. The average molecular weight is 234 g/mol. The van der Waals surface area contributed by atoms with Gasteiger partial charge in [-0.05, 0) is 35.7 Å². The van der Waals surface area contributed by atoms with Crippen LogP contribution in [-0.4, -0.2) is 15.6 Å². The average Bonchev–Trinajstić information content (AvgIpc) is 2.84. The Hall–Kier alpha value is -1.42. The van der Waals surface area contributed by atoms with Gasteiger partial charge in [0.05, 0.1) is 11.3 Å². The van der Waals surface area contributed by atoms with E-state index < -0.39 is 0 Å². The zero-order valence-electron chi connectivity index (χ0n) is 9.43. The van der Waals surface area contributed by atoms with Gasteiger partial charge in [0.2, 0.25) is 0 Å². The number of thiophene rings is 1. The van der Waals surface area contributed by atoms with E-state index in [1.807, 2.05) is 19.4 Å². The highest BCUT2D eigenvalue weighted by Crippen LogP contribution is 2.13. The number of carbonyl (C=O) groups is 1. The van der Waals surface area contributed by atoms with Crippen molar-refractivity contribution in [3.63, 3.8) is 0 Å². The number of aryl methyl sites for hydroxylation is 3. The molecule has 0 unspecified atom stereocenters. The first kappa shape index (κ1) is 11.1. The monoisotopic (exact) mass is 234 g/mol. The fourth-order valence-corrected chi connectivity index (χ4v) is 2.40. The quantitative estimate of drug-likeness (QED) is 0.762. The van der Waals surface area contributed by atoms with Crippen LogP contribution in [0.3, 0.4) is 0 Å². The van der Waals surface area contributed by atoms with E-state index in [4.69, 9.17) is 0 Å². The number of nitrogens with zero attached hydrogens (tertiary/aromatic N) is 2. The number of Topliss-reactive ketones (excluding diaryl/α,β-unsaturated/α-hetero) is 1. The summed E-state index contributed by atoms with van der Waals surface area (Å²) in [4.78, 5) is 11.9. The molecule has 0 fully saturated rings. The molecule has 2 rings (SSSR count). The van der Waals surface area contributed by atoms with Crippen LogP contribution in [0, 0.1) is 6.92 Å². The number of carbonyl (C=O) groups excluding carboxylic acids is 1. The Kier molecular flexibility index (Phi) is 3.19. The van der Waals surface area contributed by atoms with E-state index in [0.29, 0.717) is 6.42 Å². The molecule has 0 atom stereocenters. The van der Waals surface area contributed by atoms with E-state index in [0.717, 1.165) is 17.7 Å². The van der Waals surface area contributed by atoms with Crippen LogP contribution in [-0.2, 0) is 13.5 Å². The fourth-order valence-electron chi connectivity index (χ4n) is 1.70. The maximum atomic E-state index is 11.9. The highest BCUT2D eigenvalue weighted by molar-refractivity contribution is 7.07. The van der Waals surface area contributed by atoms with Crippen molar-refractivity contribution in [3.8, 4) is 0 Å². The first-order chi connectivity index (χ1) is 7.66. The van der Waals surface area contributed by atoms with Crippen molar-refractivity contribution >= 4 is 17.1 Å². The molecule has 0 bridgehead atoms. The van der Waals surface area contributed by atoms with E-state index in [-0.39, 0.29) is 5.78 Å². The molecule has 2 aromatic heterocycles. The number of hydrogen-bond acceptors (Lipinski definition) is 3. The van der Waals surface area contributed by atoms with Gasteiger partial charge in [0.1, 0.15) is 0 Å². The zero-order chi connectivity index (χ0) is 11.5. The van der Waals surface area contributed by atoms with Crippen LogP contribution in [0.5, 0.6) is 0 Å². The molecule has 0 saturated heterocycles. The molecule has 0 aliphatic carbocycles. The molecule has 4 heteroatoms.